The molecule has 0 saturated carbocycles. The lowest BCUT2D eigenvalue weighted by Gasteiger charge is -2.19. The summed E-state index contributed by atoms with van der Waals surface area (Å²) in [6.45, 7) is -0.121. The molecule has 2 amide bonds. The van der Waals surface area contributed by atoms with Gasteiger partial charge in [0, 0.05) is 40.6 Å². The second-order valence-corrected chi connectivity index (χ2v) is 9.64. The number of nitrogens with one attached hydrogen (secondary N) is 2. The van der Waals surface area contributed by atoms with Crippen molar-refractivity contribution in [1.29, 1.82) is 0 Å². The number of hydrogen-bond acceptors (Lipinski definition) is 8. The second kappa shape index (κ2) is 11.9. The molecule has 0 saturated heterocycles. The van der Waals surface area contributed by atoms with Crippen LogP contribution >= 0.6 is 23.2 Å². The molecule has 4 rings (SSSR count). The van der Waals surface area contributed by atoms with E-state index in [0.717, 1.165) is 0 Å². The molecule has 0 aromatic heterocycles. The van der Waals surface area contributed by atoms with Gasteiger partial charge in [0.25, 0.3) is 11.8 Å². The number of halogens is 2. The Hall–Kier alpha value is -2.93. The molecule has 198 valence electrons. The molecule has 11 nitrogen and oxygen atoms in total. The predicted molar refractivity (Wildman–Crippen MR) is 138 cm³/mol. The minimum atomic E-state index is -1.24. The van der Waals surface area contributed by atoms with E-state index in [0.29, 0.717) is 22.1 Å². The van der Waals surface area contributed by atoms with E-state index < -0.39 is 43.8 Å². The van der Waals surface area contributed by atoms with Crippen LogP contribution in [0.4, 0.5) is 0 Å². The Morgan fingerprint density at radius 1 is 0.868 bits per heavy atom. The van der Waals surface area contributed by atoms with Crippen molar-refractivity contribution >= 4 is 71.9 Å². The van der Waals surface area contributed by atoms with Crippen molar-refractivity contribution in [3.63, 3.8) is 0 Å². The van der Waals surface area contributed by atoms with Crippen LogP contribution in [0.15, 0.2) is 24.3 Å². The van der Waals surface area contributed by atoms with Crippen molar-refractivity contribution in [2.24, 2.45) is 0 Å². The fraction of sp³-hybridized carbons (Fsp3) is 0.304. The molecule has 2 heterocycles. The molecule has 0 bridgehead atoms. The number of fused-ring (bicyclic) bond motifs is 2. The lowest BCUT2D eigenvalue weighted by molar-refractivity contribution is -0.137. The SMILES string of the molecule is O=C(O)CCCC(=O)C(CNC(=O)c1cc(Cl)c2c(c1)B(O)OC2)NC(=O)c1cc(Cl)c2c(c1)B(O)OC2. The van der Waals surface area contributed by atoms with Gasteiger partial charge in [0.05, 0.1) is 13.2 Å². The van der Waals surface area contributed by atoms with E-state index in [1.807, 2.05) is 0 Å². The van der Waals surface area contributed by atoms with Gasteiger partial charge < -0.3 is 35.1 Å². The maximum absolute atomic E-state index is 13.0. The number of aliphatic carboxylic acids is 1. The van der Waals surface area contributed by atoms with E-state index in [4.69, 9.17) is 37.6 Å². The summed E-state index contributed by atoms with van der Waals surface area (Å²) in [6.07, 6.45) is -0.352. The number of ketones is 1. The van der Waals surface area contributed by atoms with Crippen LogP contribution < -0.4 is 21.6 Å². The topological polar surface area (TPSA) is 171 Å². The molecule has 0 aliphatic carbocycles. The predicted octanol–water partition coefficient (Wildman–Crippen LogP) is -0.219. The van der Waals surface area contributed by atoms with Crippen molar-refractivity contribution in [3.8, 4) is 0 Å². The standard InChI is InChI=1S/C23H22B2Cl2N2O9/c26-17-6-11(4-15-13(17)9-37-24(15)35)22(33)28-8-19(20(30)2-1-3-21(31)32)29-23(34)12-5-16-14(18(27)7-12)10-38-25(16)36/h4-7,19,35-36H,1-3,8-10H2,(H,28,33)(H,29,34)(H,31,32). The third kappa shape index (κ3) is 6.20. The molecule has 2 aliphatic rings. The van der Waals surface area contributed by atoms with E-state index in [9.17, 15) is 29.2 Å². The number of carbonyl (C=O) groups is 4. The number of amides is 2. The highest BCUT2D eigenvalue weighted by molar-refractivity contribution is 6.62. The van der Waals surface area contributed by atoms with Gasteiger partial charge in [-0.25, -0.2) is 0 Å². The summed E-state index contributed by atoms with van der Waals surface area (Å²) in [4.78, 5) is 49.6. The number of hydrogen-bond donors (Lipinski definition) is 5. The largest absolute Gasteiger partial charge is 0.491 e. The normalized spacial score (nSPS) is 14.6. The highest BCUT2D eigenvalue weighted by atomic mass is 35.5. The molecule has 1 atom stereocenters. The van der Waals surface area contributed by atoms with Gasteiger partial charge in [-0.2, -0.15) is 0 Å². The first-order chi connectivity index (χ1) is 18.0. The van der Waals surface area contributed by atoms with Gasteiger partial charge in [0.1, 0.15) is 6.04 Å². The Kier molecular flexibility index (Phi) is 8.76. The van der Waals surface area contributed by atoms with Crippen molar-refractivity contribution < 1.29 is 43.6 Å². The first kappa shape index (κ1) is 28.1. The third-order valence-corrected chi connectivity index (χ3v) is 6.94. The molecule has 2 aliphatic heterocycles. The third-order valence-electron chi connectivity index (χ3n) is 6.26. The van der Waals surface area contributed by atoms with Crippen molar-refractivity contribution in [1.82, 2.24) is 10.6 Å². The quantitative estimate of drug-likeness (QED) is 0.245. The summed E-state index contributed by atoms with van der Waals surface area (Å²) in [5.74, 6) is -2.88. The molecular weight excluding hydrogens is 541 g/mol. The van der Waals surface area contributed by atoms with Crippen LogP contribution in [0.2, 0.25) is 10.0 Å². The molecule has 38 heavy (non-hydrogen) atoms. The van der Waals surface area contributed by atoms with E-state index in [1.54, 1.807) is 0 Å². The molecule has 2 aromatic carbocycles. The van der Waals surface area contributed by atoms with Gasteiger partial charge >= 0.3 is 20.2 Å². The first-order valence-electron chi connectivity index (χ1n) is 11.6. The molecule has 0 radical (unpaired) electrons. The highest BCUT2D eigenvalue weighted by Crippen LogP contribution is 2.23. The van der Waals surface area contributed by atoms with Gasteiger partial charge in [-0.1, -0.05) is 23.2 Å². The summed E-state index contributed by atoms with van der Waals surface area (Å²) in [5, 5.41) is 34.4. The summed E-state index contributed by atoms with van der Waals surface area (Å²) >= 11 is 12.4. The van der Waals surface area contributed by atoms with Crippen molar-refractivity contribution in [2.45, 2.75) is 38.5 Å². The minimum absolute atomic E-state index is 0.0427. The number of Topliss-reactive ketones (excluding diaryl/α,β-unsaturated/α-hetero) is 1. The zero-order chi connectivity index (χ0) is 27.6. The number of carbonyl (C=O) groups excluding carboxylic acids is 3. The second-order valence-electron chi connectivity index (χ2n) is 8.83. The summed E-state index contributed by atoms with van der Waals surface area (Å²) in [5.41, 5.74) is 1.98. The smallest absolute Gasteiger partial charge is 0.481 e. The molecule has 15 heteroatoms. The van der Waals surface area contributed by atoms with Crippen LogP contribution in [0.25, 0.3) is 0 Å². The van der Waals surface area contributed by atoms with E-state index in [1.165, 1.54) is 24.3 Å². The van der Waals surface area contributed by atoms with Gasteiger partial charge in [0.2, 0.25) is 0 Å². The average molecular weight is 563 g/mol. The maximum atomic E-state index is 13.0. The highest BCUT2D eigenvalue weighted by Gasteiger charge is 2.32. The Balaban J connectivity index is 1.49. The molecule has 0 spiro atoms. The lowest BCUT2D eigenvalue weighted by Crippen LogP contribution is -2.48. The molecule has 0 fully saturated rings. The van der Waals surface area contributed by atoms with Gasteiger partial charge in [-0.15, -0.1) is 0 Å². The molecule has 5 N–H and O–H groups in total. The van der Waals surface area contributed by atoms with Crippen LogP contribution in [0.3, 0.4) is 0 Å². The Labute approximate surface area is 227 Å². The van der Waals surface area contributed by atoms with Crippen LogP contribution in [-0.2, 0) is 32.1 Å². The van der Waals surface area contributed by atoms with Gasteiger partial charge in [0.15, 0.2) is 5.78 Å². The van der Waals surface area contributed by atoms with Crippen LogP contribution in [0.1, 0.15) is 51.1 Å². The monoisotopic (exact) mass is 562 g/mol. The maximum Gasteiger partial charge on any atom is 0.491 e. The zero-order valence-corrected chi connectivity index (χ0v) is 21.3. The number of rotatable bonds is 10. The zero-order valence-electron chi connectivity index (χ0n) is 19.8. The average Bonchev–Trinajstić information content (AvgIpc) is 3.44. The summed E-state index contributed by atoms with van der Waals surface area (Å²) in [7, 11) is -2.47. The number of carboxylic acids is 1. The summed E-state index contributed by atoms with van der Waals surface area (Å²) < 4.78 is 10.3. The van der Waals surface area contributed by atoms with Crippen LogP contribution in [-0.4, -0.2) is 65.5 Å². The number of carboxylic acid groups (broad SMARTS) is 1. The van der Waals surface area contributed by atoms with E-state index >= 15 is 0 Å². The van der Waals surface area contributed by atoms with E-state index in [2.05, 4.69) is 10.6 Å². The van der Waals surface area contributed by atoms with Gasteiger partial charge in [-0.05, 0) is 52.7 Å². The van der Waals surface area contributed by atoms with Crippen LogP contribution in [0.5, 0.6) is 0 Å². The first-order valence-corrected chi connectivity index (χ1v) is 12.4. The fourth-order valence-electron chi connectivity index (χ4n) is 4.20. The van der Waals surface area contributed by atoms with Crippen molar-refractivity contribution in [3.05, 3.63) is 56.6 Å². The molecule has 1 unspecified atom stereocenters. The van der Waals surface area contributed by atoms with Crippen LogP contribution in [0, 0.1) is 0 Å². The minimum Gasteiger partial charge on any atom is -0.481 e. The number of benzene rings is 2. The Morgan fingerprint density at radius 3 is 1.92 bits per heavy atom. The lowest BCUT2D eigenvalue weighted by atomic mass is 9.78. The van der Waals surface area contributed by atoms with E-state index in [-0.39, 0.29) is 60.2 Å². The Morgan fingerprint density at radius 2 is 1.39 bits per heavy atom. The van der Waals surface area contributed by atoms with Gasteiger partial charge in [-0.3, -0.25) is 19.2 Å². The Bertz CT molecular complexity index is 1310. The molecular formula is C23H22B2Cl2N2O9. The molecule has 2 aromatic rings. The fourth-order valence-corrected chi connectivity index (χ4v) is 4.76. The summed E-state index contributed by atoms with van der Waals surface area (Å²) in [6, 6.07) is 4.41. The van der Waals surface area contributed by atoms with Crippen molar-refractivity contribution in [2.75, 3.05) is 6.54 Å².